The van der Waals surface area contributed by atoms with Gasteiger partial charge in [-0.3, -0.25) is 0 Å². The smallest absolute Gasteiger partial charge is 0.149 e. The van der Waals surface area contributed by atoms with Crippen molar-refractivity contribution in [2.75, 3.05) is 0 Å². The third-order valence-corrected chi connectivity index (χ3v) is 1.11. The first-order chi connectivity index (χ1) is 5.29. The molecule has 0 bridgehead atoms. The Morgan fingerprint density at radius 1 is 1.18 bits per heavy atom. The van der Waals surface area contributed by atoms with E-state index >= 15 is 0 Å². The summed E-state index contributed by atoms with van der Waals surface area (Å²) in [7, 11) is 0. The van der Waals surface area contributed by atoms with Crippen molar-refractivity contribution in [2.45, 2.75) is 19.9 Å². The summed E-state index contributed by atoms with van der Waals surface area (Å²) in [5.41, 5.74) is 3.89. The van der Waals surface area contributed by atoms with Crippen LogP contribution in [-0.2, 0) is 0 Å². The third kappa shape index (κ3) is 3.05. The monoisotopic (exact) mass is 150 g/mol. The van der Waals surface area contributed by atoms with E-state index in [9.17, 15) is 0 Å². The van der Waals surface area contributed by atoms with Crippen LogP contribution < -0.4 is 10.3 Å². The minimum atomic E-state index is 0.218. The minimum absolute atomic E-state index is 0.218. The highest BCUT2D eigenvalue weighted by Crippen LogP contribution is 2.07. The number of nitrogens with zero attached hydrogens (tertiary/aromatic N) is 1. The van der Waals surface area contributed by atoms with Crippen molar-refractivity contribution >= 4 is 0 Å². The van der Waals surface area contributed by atoms with Crippen LogP contribution >= 0.6 is 0 Å². The summed E-state index contributed by atoms with van der Waals surface area (Å²) in [5, 5.41) is 0. The summed E-state index contributed by atoms with van der Waals surface area (Å²) in [5.74, 6) is 0.793. The summed E-state index contributed by atoms with van der Waals surface area (Å²) in [4.78, 5) is 5.09. The Hall–Kier alpha value is -1.02. The lowest BCUT2D eigenvalue weighted by molar-refractivity contribution is 0.158. The normalized spacial score (nSPS) is 10.1. The van der Waals surface area contributed by atoms with Gasteiger partial charge in [-0.05, 0) is 31.5 Å². The fourth-order valence-corrected chi connectivity index (χ4v) is 0.648. The van der Waals surface area contributed by atoms with Gasteiger partial charge in [-0.25, -0.2) is 0 Å². The molecule has 0 saturated heterocycles. The highest BCUT2D eigenvalue weighted by atomic mass is 16.6. The van der Waals surface area contributed by atoms with Gasteiger partial charge in [0.25, 0.3) is 0 Å². The van der Waals surface area contributed by atoms with Gasteiger partial charge in [0.05, 0.1) is 6.04 Å². The van der Waals surface area contributed by atoms with Gasteiger partial charge < -0.3 is 4.84 Å². The highest BCUT2D eigenvalue weighted by molar-refractivity contribution is 5.20. The Balaban J connectivity index is 2.39. The van der Waals surface area contributed by atoms with E-state index in [1.165, 1.54) is 0 Å². The summed E-state index contributed by atoms with van der Waals surface area (Å²) >= 11 is 0. The molecule has 1 radical (unpaired) electrons. The van der Waals surface area contributed by atoms with Crippen molar-refractivity contribution in [3.8, 4) is 5.75 Å². The van der Waals surface area contributed by atoms with E-state index in [4.69, 9.17) is 4.84 Å². The first-order valence-corrected chi connectivity index (χ1v) is 3.71. The van der Waals surface area contributed by atoms with Crippen LogP contribution in [0.5, 0.6) is 5.75 Å². The molecule has 0 N–H and O–H groups in total. The molecule has 0 unspecified atom stereocenters. The standard InChI is InChI=1S/C9H12NO/c1-8(2)10-11-9-6-4-3-5-7-9/h3-8H,1-2H3. The predicted octanol–water partition coefficient (Wildman–Crippen LogP) is 1.99. The van der Waals surface area contributed by atoms with Gasteiger partial charge in [-0.2, -0.15) is 0 Å². The molecule has 11 heavy (non-hydrogen) atoms. The molecule has 0 heterocycles. The SMILES string of the molecule is CC(C)[N]Oc1ccccc1. The van der Waals surface area contributed by atoms with Crippen LogP contribution in [0.4, 0.5) is 0 Å². The van der Waals surface area contributed by atoms with Crippen LogP contribution in [0.1, 0.15) is 13.8 Å². The lowest BCUT2D eigenvalue weighted by Crippen LogP contribution is -2.17. The van der Waals surface area contributed by atoms with Crippen molar-refractivity contribution in [3.05, 3.63) is 30.3 Å². The molecule has 1 aromatic carbocycles. The number of hydrogen-bond acceptors (Lipinski definition) is 1. The first kappa shape index (κ1) is 8.08. The molecular weight excluding hydrogens is 138 g/mol. The Morgan fingerprint density at radius 2 is 1.82 bits per heavy atom. The van der Waals surface area contributed by atoms with Gasteiger partial charge in [0.15, 0.2) is 0 Å². The number of benzene rings is 1. The van der Waals surface area contributed by atoms with Crippen molar-refractivity contribution in [2.24, 2.45) is 0 Å². The van der Waals surface area contributed by atoms with E-state index in [-0.39, 0.29) is 6.04 Å². The number of hydrogen-bond donors (Lipinski definition) is 0. The first-order valence-electron chi connectivity index (χ1n) is 3.71. The zero-order chi connectivity index (χ0) is 8.10. The second kappa shape index (κ2) is 3.98. The van der Waals surface area contributed by atoms with Crippen LogP contribution in [0.15, 0.2) is 30.3 Å². The maximum absolute atomic E-state index is 5.09. The summed E-state index contributed by atoms with van der Waals surface area (Å²) < 4.78 is 0. The maximum atomic E-state index is 5.09. The molecule has 0 spiro atoms. The molecule has 1 rings (SSSR count). The quantitative estimate of drug-likeness (QED) is 0.604. The molecule has 0 aliphatic rings. The molecule has 2 nitrogen and oxygen atoms in total. The maximum Gasteiger partial charge on any atom is 0.149 e. The van der Waals surface area contributed by atoms with Crippen molar-refractivity contribution < 1.29 is 4.84 Å². The van der Waals surface area contributed by atoms with Crippen LogP contribution in [0.3, 0.4) is 0 Å². The van der Waals surface area contributed by atoms with E-state index < -0.39 is 0 Å². The van der Waals surface area contributed by atoms with Gasteiger partial charge in [-0.1, -0.05) is 18.2 Å². The van der Waals surface area contributed by atoms with Crippen LogP contribution in [-0.4, -0.2) is 6.04 Å². The summed E-state index contributed by atoms with van der Waals surface area (Å²) in [6.45, 7) is 3.95. The predicted molar refractivity (Wildman–Crippen MR) is 44.3 cm³/mol. The van der Waals surface area contributed by atoms with Gasteiger partial charge in [0, 0.05) is 0 Å². The van der Waals surface area contributed by atoms with Crippen LogP contribution in [0.25, 0.3) is 0 Å². The van der Waals surface area contributed by atoms with Crippen LogP contribution in [0.2, 0.25) is 0 Å². The van der Waals surface area contributed by atoms with E-state index in [1.807, 2.05) is 44.2 Å². The fraction of sp³-hybridized carbons (Fsp3) is 0.333. The lowest BCUT2D eigenvalue weighted by Gasteiger charge is -2.05. The molecule has 0 atom stereocenters. The third-order valence-electron chi connectivity index (χ3n) is 1.11. The molecule has 0 fully saturated rings. The average Bonchev–Trinajstić information content (AvgIpc) is 2.03. The largest absolute Gasteiger partial charge is 0.388 e. The zero-order valence-corrected chi connectivity index (χ0v) is 6.82. The van der Waals surface area contributed by atoms with Crippen molar-refractivity contribution in [1.29, 1.82) is 0 Å². The summed E-state index contributed by atoms with van der Waals surface area (Å²) in [6, 6.07) is 9.77. The topological polar surface area (TPSA) is 23.3 Å². The zero-order valence-electron chi connectivity index (χ0n) is 6.82. The van der Waals surface area contributed by atoms with E-state index in [1.54, 1.807) is 0 Å². The Morgan fingerprint density at radius 3 is 2.36 bits per heavy atom. The van der Waals surface area contributed by atoms with Gasteiger partial charge in [0.2, 0.25) is 0 Å². The average molecular weight is 150 g/mol. The van der Waals surface area contributed by atoms with E-state index in [2.05, 4.69) is 5.48 Å². The van der Waals surface area contributed by atoms with Crippen molar-refractivity contribution in [1.82, 2.24) is 5.48 Å². The molecule has 2 heteroatoms. The Kier molecular flexibility index (Phi) is 2.93. The van der Waals surface area contributed by atoms with Gasteiger partial charge in [0.1, 0.15) is 5.75 Å². The number of para-hydroxylation sites is 1. The number of hydroxylamine groups is 1. The van der Waals surface area contributed by atoms with E-state index in [0.29, 0.717) is 0 Å². The molecule has 59 valence electrons. The molecule has 0 aliphatic heterocycles. The summed E-state index contributed by atoms with van der Waals surface area (Å²) in [6.07, 6.45) is 0. The van der Waals surface area contributed by atoms with Crippen molar-refractivity contribution in [3.63, 3.8) is 0 Å². The highest BCUT2D eigenvalue weighted by Gasteiger charge is 1.95. The Bertz CT molecular complexity index is 196. The molecule has 1 aromatic rings. The van der Waals surface area contributed by atoms with Gasteiger partial charge in [-0.15, -0.1) is 0 Å². The second-order valence-corrected chi connectivity index (χ2v) is 2.60. The van der Waals surface area contributed by atoms with Gasteiger partial charge >= 0.3 is 0 Å². The molecule has 0 aromatic heterocycles. The number of rotatable bonds is 3. The molecule has 0 saturated carbocycles. The molecule has 0 aliphatic carbocycles. The lowest BCUT2D eigenvalue weighted by atomic mass is 10.3. The molecular formula is C9H12NO. The van der Waals surface area contributed by atoms with Crippen LogP contribution in [0, 0.1) is 0 Å². The molecule has 0 amide bonds. The fourth-order valence-electron chi connectivity index (χ4n) is 0.648. The Labute approximate surface area is 67.1 Å². The van der Waals surface area contributed by atoms with E-state index in [0.717, 1.165) is 5.75 Å². The second-order valence-electron chi connectivity index (χ2n) is 2.60. The minimum Gasteiger partial charge on any atom is -0.388 e.